The topological polar surface area (TPSA) is 58.6 Å². The molecule has 0 aliphatic heterocycles. The molecule has 1 amide bonds. The number of carbonyl (C=O) groups is 1. The number of hydrogen-bond acceptors (Lipinski definition) is 3. The third-order valence-electron chi connectivity index (χ3n) is 1.42. The van der Waals surface area contributed by atoms with Crippen LogP contribution in [0.15, 0.2) is 12.2 Å². The van der Waals surface area contributed by atoms with E-state index in [2.05, 4.69) is 5.32 Å². The van der Waals surface area contributed by atoms with E-state index >= 15 is 0 Å². The van der Waals surface area contributed by atoms with Gasteiger partial charge < -0.3 is 15.2 Å². The first-order chi connectivity index (χ1) is 6.70. The number of ether oxygens (including phenoxy) is 1. The molecule has 4 nitrogen and oxygen atoms in total. The Morgan fingerprint density at radius 2 is 1.87 bits per heavy atom. The van der Waals surface area contributed by atoms with E-state index in [1.165, 1.54) is 0 Å². The maximum absolute atomic E-state index is 11.3. The zero-order valence-corrected chi connectivity index (χ0v) is 10.1. The fourth-order valence-corrected chi connectivity index (χ4v) is 0.869. The number of alkyl carbamates (subject to hydrolysis) is 1. The fourth-order valence-electron chi connectivity index (χ4n) is 0.869. The van der Waals surface area contributed by atoms with Crippen molar-refractivity contribution in [3.63, 3.8) is 0 Å². The van der Waals surface area contributed by atoms with Gasteiger partial charge >= 0.3 is 6.09 Å². The van der Waals surface area contributed by atoms with Gasteiger partial charge in [-0.1, -0.05) is 12.2 Å². The summed E-state index contributed by atoms with van der Waals surface area (Å²) >= 11 is 0. The minimum absolute atomic E-state index is 0.158. The van der Waals surface area contributed by atoms with Gasteiger partial charge in [0.15, 0.2) is 0 Å². The van der Waals surface area contributed by atoms with Crippen LogP contribution in [0.25, 0.3) is 0 Å². The lowest BCUT2D eigenvalue weighted by atomic mass is 10.2. The van der Waals surface area contributed by atoms with Crippen LogP contribution in [0.3, 0.4) is 0 Å². The second-order valence-corrected chi connectivity index (χ2v) is 4.56. The minimum atomic E-state index is -0.507. The zero-order valence-electron chi connectivity index (χ0n) is 10.1. The predicted octanol–water partition coefficient (Wildman–Crippen LogP) is 1.84. The van der Waals surface area contributed by atoms with E-state index < -0.39 is 17.8 Å². The van der Waals surface area contributed by atoms with Gasteiger partial charge in [0.05, 0.1) is 6.10 Å². The number of aliphatic hydroxyl groups is 1. The van der Waals surface area contributed by atoms with E-state index in [1.54, 1.807) is 19.1 Å². The summed E-state index contributed by atoms with van der Waals surface area (Å²) in [5, 5.41) is 11.6. The molecule has 2 atom stereocenters. The van der Waals surface area contributed by atoms with Crippen LogP contribution in [0.2, 0.25) is 0 Å². The van der Waals surface area contributed by atoms with E-state index in [4.69, 9.17) is 9.84 Å². The minimum Gasteiger partial charge on any atom is -0.444 e. The third-order valence-corrected chi connectivity index (χ3v) is 1.42. The number of nitrogens with one attached hydrogen (secondary N) is 1. The fraction of sp³-hybridized carbons (Fsp3) is 0.727. The molecule has 0 aromatic rings. The maximum atomic E-state index is 11.3. The highest BCUT2D eigenvalue weighted by Crippen LogP contribution is 2.06. The van der Waals surface area contributed by atoms with Crippen molar-refractivity contribution in [2.75, 3.05) is 0 Å². The molecule has 0 radical (unpaired) electrons. The summed E-state index contributed by atoms with van der Waals surface area (Å²) in [6, 6.07) is -0.158. The lowest BCUT2D eigenvalue weighted by Gasteiger charge is -2.21. The lowest BCUT2D eigenvalue weighted by molar-refractivity contribution is 0.0517. The van der Waals surface area contributed by atoms with Crippen LogP contribution < -0.4 is 5.32 Å². The molecule has 0 aliphatic rings. The van der Waals surface area contributed by atoms with Crippen LogP contribution in [-0.2, 0) is 4.74 Å². The quantitative estimate of drug-likeness (QED) is 0.706. The first-order valence-corrected chi connectivity index (χ1v) is 5.06. The lowest BCUT2D eigenvalue weighted by Crippen LogP contribution is -2.36. The van der Waals surface area contributed by atoms with Crippen LogP contribution >= 0.6 is 0 Å². The Morgan fingerprint density at radius 3 is 2.27 bits per heavy atom. The average Bonchev–Trinajstić information content (AvgIpc) is 1.96. The number of hydrogen-bond donors (Lipinski definition) is 2. The standard InChI is InChI=1S/C11H21NO3/c1-8(6-7-9(2)13)12-10(14)15-11(3,4)5/h6-9,13H,1-5H3,(H,12,14)/t8-,9+/m1/s1. The molecule has 2 N–H and O–H groups in total. The molecule has 88 valence electrons. The molecule has 0 fully saturated rings. The van der Waals surface area contributed by atoms with Crippen LogP contribution in [0, 0.1) is 0 Å². The van der Waals surface area contributed by atoms with Gasteiger partial charge in [-0.3, -0.25) is 0 Å². The Labute approximate surface area is 91.3 Å². The van der Waals surface area contributed by atoms with Gasteiger partial charge in [-0.2, -0.15) is 0 Å². The maximum Gasteiger partial charge on any atom is 0.408 e. The van der Waals surface area contributed by atoms with Gasteiger partial charge in [-0.15, -0.1) is 0 Å². The van der Waals surface area contributed by atoms with Crippen molar-refractivity contribution in [3.8, 4) is 0 Å². The molecule has 0 aromatic heterocycles. The number of aliphatic hydroxyl groups excluding tert-OH is 1. The zero-order chi connectivity index (χ0) is 12.1. The first kappa shape index (κ1) is 14.0. The molecule has 0 heterocycles. The van der Waals surface area contributed by atoms with E-state index in [-0.39, 0.29) is 6.04 Å². The average molecular weight is 215 g/mol. The van der Waals surface area contributed by atoms with Gasteiger partial charge in [-0.05, 0) is 34.6 Å². The Hall–Kier alpha value is -1.03. The summed E-state index contributed by atoms with van der Waals surface area (Å²) in [5.74, 6) is 0. The van der Waals surface area contributed by atoms with E-state index in [0.717, 1.165) is 0 Å². The summed E-state index contributed by atoms with van der Waals surface area (Å²) < 4.78 is 5.07. The summed E-state index contributed by atoms with van der Waals surface area (Å²) in [6.45, 7) is 8.88. The molecule has 0 unspecified atom stereocenters. The number of rotatable bonds is 3. The molecule has 0 spiro atoms. The summed E-state index contributed by atoms with van der Waals surface area (Å²) in [6.07, 6.45) is 2.37. The second kappa shape index (κ2) is 5.75. The number of carbonyl (C=O) groups excluding carboxylic acids is 1. The van der Waals surface area contributed by atoms with Crippen molar-refractivity contribution in [3.05, 3.63) is 12.2 Å². The Bertz CT molecular complexity index is 228. The third kappa shape index (κ3) is 9.28. The van der Waals surface area contributed by atoms with Crippen LogP contribution in [0.5, 0.6) is 0 Å². The monoisotopic (exact) mass is 215 g/mol. The van der Waals surface area contributed by atoms with Crippen molar-refractivity contribution in [2.24, 2.45) is 0 Å². The van der Waals surface area contributed by atoms with Gasteiger partial charge in [0.25, 0.3) is 0 Å². The smallest absolute Gasteiger partial charge is 0.408 e. The molecule has 0 saturated heterocycles. The Kier molecular flexibility index (Phi) is 5.36. The largest absolute Gasteiger partial charge is 0.444 e. The molecule has 15 heavy (non-hydrogen) atoms. The van der Waals surface area contributed by atoms with Crippen LogP contribution in [0.4, 0.5) is 4.79 Å². The summed E-state index contributed by atoms with van der Waals surface area (Å²) in [4.78, 5) is 11.3. The molecular weight excluding hydrogens is 194 g/mol. The molecule has 0 saturated carbocycles. The van der Waals surface area contributed by atoms with Crippen molar-refractivity contribution < 1.29 is 14.6 Å². The van der Waals surface area contributed by atoms with Crippen molar-refractivity contribution in [1.29, 1.82) is 0 Å². The van der Waals surface area contributed by atoms with Crippen LogP contribution in [0.1, 0.15) is 34.6 Å². The second-order valence-electron chi connectivity index (χ2n) is 4.56. The van der Waals surface area contributed by atoms with Crippen LogP contribution in [-0.4, -0.2) is 28.9 Å². The highest BCUT2D eigenvalue weighted by atomic mass is 16.6. The highest BCUT2D eigenvalue weighted by Gasteiger charge is 2.16. The summed E-state index contributed by atoms with van der Waals surface area (Å²) in [5.41, 5.74) is -0.488. The molecule has 4 heteroatoms. The van der Waals surface area contributed by atoms with Gasteiger partial charge in [0.2, 0.25) is 0 Å². The predicted molar refractivity (Wildman–Crippen MR) is 59.7 cm³/mol. The number of amides is 1. The normalized spacial score (nSPS) is 16.1. The van der Waals surface area contributed by atoms with Gasteiger partial charge in [0, 0.05) is 6.04 Å². The molecule has 0 aliphatic carbocycles. The molecule has 0 bridgehead atoms. The summed E-state index contributed by atoms with van der Waals surface area (Å²) in [7, 11) is 0. The van der Waals surface area contributed by atoms with Crippen molar-refractivity contribution in [1.82, 2.24) is 5.32 Å². The van der Waals surface area contributed by atoms with E-state index in [0.29, 0.717) is 0 Å². The SMILES string of the molecule is C[C@H](O)C=C[C@@H](C)NC(=O)OC(C)(C)C. The first-order valence-electron chi connectivity index (χ1n) is 5.06. The van der Waals surface area contributed by atoms with Gasteiger partial charge in [-0.25, -0.2) is 4.79 Å². The van der Waals surface area contributed by atoms with E-state index in [1.807, 2.05) is 27.7 Å². The Balaban J connectivity index is 3.97. The molecule has 0 rings (SSSR count). The van der Waals surface area contributed by atoms with Crippen molar-refractivity contribution in [2.45, 2.75) is 52.4 Å². The van der Waals surface area contributed by atoms with Gasteiger partial charge in [0.1, 0.15) is 5.60 Å². The molecular formula is C11H21NO3. The Morgan fingerprint density at radius 1 is 1.33 bits per heavy atom. The highest BCUT2D eigenvalue weighted by molar-refractivity contribution is 5.68. The molecule has 0 aromatic carbocycles. The van der Waals surface area contributed by atoms with Crippen molar-refractivity contribution >= 4 is 6.09 Å². The van der Waals surface area contributed by atoms with E-state index in [9.17, 15) is 4.79 Å².